The van der Waals surface area contributed by atoms with E-state index in [9.17, 15) is 9.59 Å². The fraction of sp³-hybridized carbons (Fsp3) is 0.542. The first kappa shape index (κ1) is 23.9. The lowest BCUT2D eigenvalue weighted by Gasteiger charge is -2.12. The molecule has 0 unspecified atom stereocenters. The molecule has 0 atom stereocenters. The van der Waals surface area contributed by atoms with Gasteiger partial charge in [0.05, 0.1) is 9.93 Å². The van der Waals surface area contributed by atoms with Crippen LogP contribution in [0.5, 0.6) is 0 Å². The molecule has 1 aliphatic heterocycles. The van der Waals surface area contributed by atoms with Crippen LogP contribution in [-0.4, -0.2) is 37.7 Å². The highest BCUT2D eigenvalue weighted by atomic mass is 32.2. The summed E-state index contributed by atoms with van der Waals surface area (Å²) in [6, 6.07) is 6.10. The molecule has 1 saturated heterocycles. The van der Waals surface area contributed by atoms with Crippen LogP contribution in [0.3, 0.4) is 0 Å². The molecule has 2 amide bonds. The molecule has 168 valence electrons. The number of amides is 2. The van der Waals surface area contributed by atoms with Gasteiger partial charge in [0, 0.05) is 18.9 Å². The average molecular weight is 460 g/mol. The molecule has 3 rings (SSSR count). The van der Waals surface area contributed by atoms with E-state index in [2.05, 4.69) is 22.4 Å². The molecule has 0 spiro atoms. The first-order chi connectivity index (χ1) is 15.2. The summed E-state index contributed by atoms with van der Waals surface area (Å²) in [5.74, 6) is 0.843. The Balaban J connectivity index is 1.33. The van der Waals surface area contributed by atoms with Crippen LogP contribution in [-0.2, 0) is 4.79 Å². The van der Waals surface area contributed by atoms with Gasteiger partial charge in [-0.3, -0.25) is 18.9 Å². The largest absolute Gasteiger partial charge is 0.294 e. The summed E-state index contributed by atoms with van der Waals surface area (Å²) in [5.41, 5.74) is 0.950. The van der Waals surface area contributed by atoms with Gasteiger partial charge in [-0.25, -0.2) is 4.98 Å². The Labute approximate surface area is 194 Å². The Morgan fingerprint density at radius 2 is 1.84 bits per heavy atom. The van der Waals surface area contributed by atoms with Crippen molar-refractivity contribution in [2.24, 2.45) is 0 Å². The molecule has 2 aromatic heterocycles. The van der Waals surface area contributed by atoms with Crippen LogP contribution in [0.25, 0.3) is 5.65 Å². The molecule has 1 aliphatic rings. The lowest BCUT2D eigenvalue weighted by molar-refractivity contribution is -0.122. The van der Waals surface area contributed by atoms with E-state index in [0.717, 1.165) is 53.9 Å². The van der Waals surface area contributed by atoms with Crippen molar-refractivity contribution >= 4 is 40.3 Å². The first-order valence-electron chi connectivity index (χ1n) is 11.5. The number of rotatable bonds is 14. The van der Waals surface area contributed by atoms with Gasteiger partial charge in [-0.05, 0) is 55.3 Å². The summed E-state index contributed by atoms with van der Waals surface area (Å²) in [7, 11) is 0. The van der Waals surface area contributed by atoms with Gasteiger partial charge in [-0.2, -0.15) is 0 Å². The molecule has 3 heterocycles. The number of imide groups is 1. The van der Waals surface area contributed by atoms with Crippen molar-refractivity contribution < 1.29 is 9.59 Å². The number of thioether (sulfide) groups is 2. The summed E-state index contributed by atoms with van der Waals surface area (Å²) < 4.78 is 2.08. The molecule has 7 heteroatoms. The number of allylic oxidation sites excluding steroid dienone is 1. The maximum absolute atomic E-state index is 12.6. The molecule has 0 bridgehead atoms. The monoisotopic (exact) mass is 459 g/mol. The number of carbonyl (C=O) groups excluding carboxylic acids is 2. The van der Waals surface area contributed by atoms with E-state index in [0.29, 0.717) is 11.4 Å². The zero-order valence-corrected chi connectivity index (χ0v) is 20.1. The second kappa shape index (κ2) is 13.0. The molecule has 0 N–H and O–H groups in total. The molecule has 1 fully saturated rings. The van der Waals surface area contributed by atoms with Crippen LogP contribution in [0.4, 0.5) is 4.79 Å². The van der Waals surface area contributed by atoms with Crippen LogP contribution in [0.2, 0.25) is 0 Å². The van der Waals surface area contributed by atoms with Gasteiger partial charge in [-0.1, -0.05) is 57.6 Å². The van der Waals surface area contributed by atoms with E-state index < -0.39 is 0 Å². The fourth-order valence-electron chi connectivity index (χ4n) is 3.65. The molecule has 5 nitrogen and oxygen atoms in total. The predicted molar refractivity (Wildman–Crippen MR) is 131 cm³/mol. The van der Waals surface area contributed by atoms with Gasteiger partial charge in [-0.15, -0.1) is 11.8 Å². The van der Waals surface area contributed by atoms with Crippen molar-refractivity contribution in [2.45, 2.75) is 76.2 Å². The first-order valence-corrected chi connectivity index (χ1v) is 13.3. The predicted octanol–water partition coefficient (Wildman–Crippen LogP) is 6.93. The standard InChI is InChI=1S/C24H33N3O2S2/c1-2-3-4-5-6-7-8-9-13-20-23(28)27(24(29)31-20)17-10-11-19-30-22-15-12-14-21-25-16-18-26(21)22/h12-16,18H,2-11,17,19H2,1H3. The number of pyridine rings is 1. The summed E-state index contributed by atoms with van der Waals surface area (Å²) in [5, 5.41) is 1.04. The molecule has 2 aromatic rings. The van der Waals surface area contributed by atoms with Crippen LogP contribution < -0.4 is 0 Å². The molecule has 0 radical (unpaired) electrons. The maximum Gasteiger partial charge on any atom is 0.293 e. The molecule has 0 aliphatic carbocycles. The van der Waals surface area contributed by atoms with E-state index >= 15 is 0 Å². The Morgan fingerprint density at radius 1 is 1.03 bits per heavy atom. The van der Waals surface area contributed by atoms with Crippen LogP contribution in [0.15, 0.2) is 46.6 Å². The number of imidazole rings is 1. The summed E-state index contributed by atoms with van der Waals surface area (Å²) in [4.78, 5) is 31.1. The summed E-state index contributed by atoms with van der Waals surface area (Å²) >= 11 is 2.88. The number of hydrogen-bond donors (Lipinski definition) is 0. The second-order valence-electron chi connectivity index (χ2n) is 7.88. The van der Waals surface area contributed by atoms with Crippen molar-refractivity contribution in [3.63, 3.8) is 0 Å². The van der Waals surface area contributed by atoms with Gasteiger partial charge in [0.25, 0.3) is 11.1 Å². The van der Waals surface area contributed by atoms with Crippen molar-refractivity contribution in [2.75, 3.05) is 12.3 Å². The highest BCUT2D eigenvalue weighted by Crippen LogP contribution is 2.31. The minimum absolute atomic E-state index is 0.103. The lowest BCUT2D eigenvalue weighted by atomic mass is 10.1. The Kier molecular flexibility index (Phi) is 10.0. The Bertz CT molecular complexity index is 894. The third-order valence-electron chi connectivity index (χ3n) is 5.43. The lowest BCUT2D eigenvalue weighted by Crippen LogP contribution is -2.29. The zero-order chi connectivity index (χ0) is 21.9. The van der Waals surface area contributed by atoms with Crippen molar-refractivity contribution in [1.82, 2.24) is 14.3 Å². The van der Waals surface area contributed by atoms with Gasteiger partial charge in [0.1, 0.15) is 5.65 Å². The normalized spacial score (nSPS) is 15.6. The Hall–Kier alpha value is -1.73. The number of carbonyl (C=O) groups is 2. The number of nitrogens with zero attached hydrogens (tertiary/aromatic N) is 3. The third kappa shape index (κ3) is 7.14. The van der Waals surface area contributed by atoms with E-state index in [1.165, 1.54) is 43.4 Å². The van der Waals surface area contributed by atoms with Gasteiger partial charge in [0.2, 0.25) is 0 Å². The van der Waals surface area contributed by atoms with Crippen molar-refractivity contribution in [1.29, 1.82) is 0 Å². The molecule has 0 saturated carbocycles. The van der Waals surface area contributed by atoms with E-state index in [1.54, 1.807) is 18.0 Å². The van der Waals surface area contributed by atoms with Crippen molar-refractivity contribution in [3.8, 4) is 0 Å². The minimum atomic E-state index is -0.119. The van der Waals surface area contributed by atoms with E-state index in [4.69, 9.17) is 0 Å². The molecule has 0 aromatic carbocycles. The summed E-state index contributed by atoms with van der Waals surface area (Å²) in [6.07, 6.45) is 17.2. The highest BCUT2D eigenvalue weighted by Gasteiger charge is 2.34. The van der Waals surface area contributed by atoms with Gasteiger partial charge < -0.3 is 0 Å². The van der Waals surface area contributed by atoms with Gasteiger partial charge >= 0.3 is 0 Å². The smallest absolute Gasteiger partial charge is 0.293 e. The van der Waals surface area contributed by atoms with Crippen LogP contribution in [0, 0.1) is 0 Å². The quantitative estimate of drug-likeness (QED) is 0.174. The van der Waals surface area contributed by atoms with Crippen molar-refractivity contribution in [3.05, 3.63) is 41.6 Å². The fourth-order valence-corrected chi connectivity index (χ4v) is 5.55. The average Bonchev–Trinajstić information content (AvgIpc) is 3.35. The SMILES string of the molecule is CCCCCCCCCC=C1SC(=O)N(CCCCSc2cccc3nccn23)C1=O. The summed E-state index contributed by atoms with van der Waals surface area (Å²) in [6.45, 7) is 2.74. The highest BCUT2D eigenvalue weighted by molar-refractivity contribution is 8.18. The number of unbranched alkanes of at least 4 members (excludes halogenated alkanes) is 8. The topological polar surface area (TPSA) is 54.7 Å². The molecule has 31 heavy (non-hydrogen) atoms. The van der Waals surface area contributed by atoms with Gasteiger partial charge in [0.15, 0.2) is 0 Å². The van der Waals surface area contributed by atoms with Crippen LogP contribution >= 0.6 is 23.5 Å². The number of hydrogen-bond acceptors (Lipinski definition) is 5. The van der Waals surface area contributed by atoms with E-state index in [-0.39, 0.29) is 11.1 Å². The van der Waals surface area contributed by atoms with E-state index in [1.807, 2.05) is 24.4 Å². The Morgan fingerprint density at radius 3 is 2.68 bits per heavy atom. The second-order valence-corrected chi connectivity index (χ2v) is 9.99. The molecular weight excluding hydrogens is 426 g/mol. The van der Waals surface area contributed by atoms with Crippen LogP contribution in [0.1, 0.15) is 71.1 Å². The molecular formula is C24H33N3O2S2. The third-order valence-corrected chi connectivity index (χ3v) is 7.51. The number of aromatic nitrogens is 2. The minimum Gasteiger partial charge on any atom is -0.294 e. The number of fused-ring (bicyclic) bond motifs is 1. The maximum atomic E-state index is 12.6. The zero-order valence-electron chi connectivity index (χ0n) is 18.4.